The van der Waals surface area contributed by atoms with Crippen LogP contribution in [-0.2, 0) is 6.54 Å². The number of ether oxygens (including phenoxy) is 1. The van der Waals surface area contributed by atoms with Gasteiger partial charge in [-0.05, 0) is 26.8 Å². The summed E-state index contributed by atoms with van der Waals surface area (Å²) in [4.78, 5) is 16.9. The van der Waals surface area contributed by atoms with Crippen LogP contribution >= 0.6 is 0 Å². The zero-order valence-electron chi connectivity index (χ0n) is 11.3. The summed E-state index contributed by atoms with van der Waals surface area (Å²) in [7, 11) is 0. The largest absolute Gasteiger partial charge is 0.478 e. The van der Waals surface area contributed by atoms with Gasteiger partial charge in [0.2, 0.25) is 11.8 Å². The van der Waals surface area contributed by atoms with Crippen LogP contribution in [0.25, 0.3) is 0 Å². The first-order valence-corrected chi connectivity index (χ1v) is 6.18. The van der Waals surface area contributed by atoms with Crippen molar-refractivity contribution in [1.82, 2.24) is 19.9 Å². The number of aryl methyl sites for hydroxylation is 2. The average Bonchev–Trinajstić information content (AvgIpc) is 2.36. The molecule has 2 rings (SSSR count). The summed E-state index contributed by atoms with van der Waals surface area (Å²) in [6.45, 7) is 6.83. The molecule has 0 aliphatic rings. The van der Waals surface area contributed by atoms with Crippen molar-refractivity contribution in [2.45, 2.75) is 27.3 Å². The van der Waals surface area contributed by atoms with Crippen LogP contribution in [0.15, 0.2) is 18.3 Å². The smallest absolute Gasteiger partial charge is 0.226 e. The molecule has 0 aromatic carbocycles. The van der Waals surface area contributed by atoms with E-state index in [-0.39, 0.29) is 0 Å². The van der Waals surface area contributed by atoms with Crippen molar-refractivity contribution < 1.29 is 4.74 Å². The highest BCUT2D eigenvalue weighted by Gasteiger charge is 2.03. The van der Waals surface area contributed by atoms with E-state index in [1.165, 1.54) is 0 Å². The van der Waals surface area contributed by atoms with Gasteiger partial charge in [0.05, 0.1) is 18.8 Å². The Labute approximate surface area is 112 Å². The second-order valence-corrected chi connectivity index (χ2v) is 4.05. The third-order valence-corrected chi connectivity index (χ3v) is 2.38. The summed E-state index contributed by atoms with van der Waals surface area (Å²) >= 11 is 0. The van der Waals surface area contributed by atoms with Crippen LogP contribution in [0.5, 0.6) is 5.88 Å². The van der Waals surface area contributed by atoms with E-state index in [2.05, 4.69) is 25.3 Å². The highest BCUT2D eigenvalue weighted by molar-refractivity contribution is 5.31. The molecule has 0 spiro atoms. The topological polar surface area (TPSA) is 72.8 Å². The highest BCUT2D eigenvalue weighted by Crippen LogP contribution is 2.12. The standard InChI is InChI=1S/C13H17N5O/c1-4-19-12-7-9(2)16-13(18-12)15-8-11-5-6-14-10(3)17-11/h5-7H,4,8H2,1-3H3,(H,15,16,18). The molecular weight excluding hydrogens is 242 g/mol. The summed E-state index contributed by atoms with van der Waals surface area (Å²) in [5.41, 5.74) is 1.76. The van der Waals surface area contributed by atoms with Crippen LogP contribution in [0, 0.1) is 13.8 Å². The summed E-state index contributed by atoms with van der Waals surface area (Å²) in [6, 6.07) is 3.67. The van der Waals surface area contributed by atoms with Gasteiger partial charge in [-0.3, -0.25) is 0 Å². The number of aromatic nitrogens is 4. The lowest BCUT2D eigenvalue weighted by Gasteiger charge is -2.08. The molecule has 6 heteroatoms. The summed E-state index contributed by atoms with van der Waals surface area (Å²) < 4.78 is 5.38. The molecule has 0 bridgehead atoms. The Hall–Kier alpha value is -2.24. The van der Waals surface area contributed by atoms with Crippen LogP contribution in [-0.4, -0.2) is 26.5 Å². The second-order valence-electron chi connectivity index (χ2n) is 4.05. The number of nitrogens with one attached hydrogen (secondary N) is 1. The zero-order valence-corrected chi connectivity index (χ0v) is 11.3. The van der Waals surface area contributed by atoms with Crippen molar-refractivity contribution in [3.05, 3.63) is 35.5 Å². The van der Waals surface area contributed by atoms with Gasteiger partial charge in [-0.2, -0.15) is 4.98 Å². The lowest BCUT2D eigenvalue weighted by atomic mass is 10.4. The van der Waals surface area contributed by atoms with E-state index >= 15 is 0 Å². The van der Waals surface area contributed by atoms with Crippen molar-refractivity contribution in [1.29, 1.82) is 0 Å². The zero-order chi connectivity index (χ0) is 13.7. The molecule has 0 aliphatic carbocycles. The molecule has 1 N–H and O–H groups in total. The van der Waals surface area contributed by atoms with Gasteiger partial charge in [0.25, 0.3) is 0 Å². The first kappa shape index (κ1) is 13.2. The van der Waals surface area contributed by atoms with Gasteiger partial charge in [0.15, 0.2) is 0 Å². The molecule has 2 heterocycles. The molecule has 0 saturated heterocycles. The van der Waals surface area contributed by atoms with E-state index in [1.54, 1.807) is 6.20 Å². The third-order valence-electron chi connectivity index (χ3n) is 2.38. The monoisotopic (exact) mass is 259 g/mol. The van der Waals surface area contributed by atoms with Gasteiger partial charge in [0, 0.05) is 18.0 Å². The minimum Gasteiger partial charge on any atom is -0.478 e. The van der Waals surface area contributed by atoms with E-state index < -0.39 is 0 Å². The van der Waals surface area contributed by atoms with Gasteiger partial charge in [-0.15, -0.1) is 0 Å². The van der Waals surface area contributed by atoms with Crippen LogP contribution in [0.3, 0.4) is 0 Å². The Morgan fingerprint density at radius 1 is 1.21 bits per heavy atom. The quantitative estimate of drug-likeness (QED) is 0.884. The molecule has 6 nitrogen and oxygen atoms in total. The molecule has 0 amide bonds. The van der Waals surface area contributed by atoms with Crippen LogP contribution < -0.4 is 10.1 Å². The van der Waals surface area contributed by atoms with Gasteiger partial charge in [-0.25, -0.2) is 15.0 Å². The molecule has 19 heavy (non-hydrogen) atoms. The van der Waals surface area contributed by atoms with Gasteiger partial charge in [0.1, 0.15) is 5.82 Å². The molecule has 0 unspecified atom stereocenters. The first-order valence-electron chi connectivity index (χ1n) is 6.18. The Bertz CT molecular complexity index is 558. The minimum atomic E-state index is 0.541. The predicted molar refractivity (Wildman–Crippen MR) is 72.0 cm³/mol. The van der Waals surface area contributed by atoms with Gasteiger partial charge < -0.3 is 10.1 Å². The van der Waals surface area contributed by atoms with Crippen molar-refractivity contribution >= 4 is 5.95 Å². The number of nitrogens with zero attached hydrogens (tertiary/aromatic N) is 4. The molecule has 100 valence electrons. The molecular formula is C13H17N5O. The van der Waals surface area contributed by atoms with E-state index in [0.717, 1.165) is 17.2 Å². The maximum absolute atomic E-state index is 5.38. The average molecular weight is 259 g/mol. The van der Waals surface area contributed by atoms with Gasteiger partial charge >= 0.3 is 0 Å². The minimum absolute atomic E-state index is 0.541. The molecule has 2 aromatic heterocycles. The summed E-state index contributed by atoms with van der Waals surface area (Å²) in [5, 5.41) is 3.14. The third kappa shape index (κ3) is 3.87. The maximum atomic E-state index is 5.38. The number of rotatable bonds is 5. The van der Waals surface area contributed by atoms with Crippen LogP contribution in [0.4, 0.5) is 5.95 Å². The predicted octanol–water partition coefficient (Wildman–Crippen LogP) is 1.89. The fourth-order valence-electron chi connectivity index (χ4n) is 1.61. The Balaban J connectivity index is 2.06. The lowest BCUT2D eigenvalue weighted by molar-refractivity contribution is 0.326. The first-order chi connectivity index (χ1) is 9.17. The number of hydrogen-bond donors (Lipinski definition) is 1. The SMILES string of the molecule is CCOc1cc(C)nc(NCc2ccnc(C)n2)n1. The summed E-state index contributed by atoms with van der Waals surface area (Å²) in [5.74, 6) is 1.87. The Morgan fingerprint density at radius 3 is 2.79 bits per heavy atom. The van der Waals surface area contributed by atoms with Gasteiger partial charge in [-0.1, -0.05) is 0 Å². The van der Waals surface area contributed by atoms with Crippen molar-refractivity contribution in [3.8, 4) is 5.88 Å². The normalized spacial score (nSPS) is 10.3. The van der Waals surface area contributed by atoms with Crippen LogP contribution in [0.2, 0.25) is 0 Å². The number of hydrogen-bond acceptors (Lipinski definition) is 6. The highest BCUT2D eigenvalue weighted by atomic mass is 16.5. The van der Waals surface area contributed by atoms with Crippen molar-refractivity contribution in [3.63, 3.8) is 0 Å². The molecule has 0 atom stereocenters. The van der Waals surface area contributed by atoms with Crippen molar-refractivity contribution in [2.75, 3.05) is 11.9 Å². The molecule has 0 radical (unpaired) electrons. The maximum Gasteiger partial charge on any atom is 0.226 e. The van der Waals surface area contributed by atoms with Crippen molar-refractivity contribution in [2.24, 2.45) is 0 Å². The summed E-state index contributed by atoms with van der Waals surface area (Å²) in [6.07, 6.45) is 1.74. The van der Waals surface area contributed by atoms with Crippen LogP contribution in [0.1, 0.15) is 24.1 Å². The molecule has 0 saturated carbocycles. The van der Waals surface area contributed by atoms with E-state index in [4.69, 9.17) is 4.74 Å². The van der Waals surface area contributed by atoms with E-state index in [9.17, 15) is 0 Å². The fraction of sp³-hybridized carbons (Fsp3) is 0.385. The van der Waals surface area contributed by atoms with E-state index in [1.807, 2.05) is 32.9 Å². The van der Waals surface area contributed by atoms with E-state index in [0.29, 0.717) is 25.0 Å². The number of anilines is 1. The lowest BCUT2D eigenvalue weighted by Crippen LogP contribution is -2.08. The Kier molecular flexibility index (Phi) is 4.22. The fourth-order valence-corrected chi connectivity index (χ4v) is 1.61. The molecule has 0 aliphatic heterocycles. The molecule has 2 aromatic rings. The Morgan fingerprint density at radius 2 is 2.05 bits per heavy atom. The molecule has 0 fully saturated rings. The second kappa shape index (κ2) is 6.08.